The van der Waals surface area contributed by atoms with Gasteiger partial charge in [-0.25, -0.2) is 0 Å². The third-order valence-electron chi connectivity index (χ3n) is 2.53. The molecule has 0 saturated heterocycles. The highest BCUT2D eigenvalue weighted by Crippen LogP contribution is 2.24. The van der Waals surface area contributed by atoms with E-state index in [0.29, 0.717) is 5.75 Å². The second kappa shape index (κ2) is 5.38. The van der Waals surface area contributed by atoms with Crippen molar-refractivity contribution in [3.05, 3.63) is 47.7 Å². The largest absolute Gasteiger partial charge is 0.388 e. The normalized spacial score (nSPS) is 12.6. The summed E-state index contributed by atoms with van der Waals surface area (Å²) >= 11 is 1.62. The molecule has 0 bridgehead atoms. The van der Waals surface area contributed by atoms with Gasteiger partial charge in [0, 0.05) is 12.8 Å². The molecule has 2 aromatic rings. The molecule has 1 aromatic heterocycles. The van der Waals surface area contributed by atoms with E-state index in [1.54, 1.807) is 11.8 Å². The van der Waals surface area contributed by atoms with Crippen molar-refractivity contribution in [3.63, 3.8) is 0 Å². The van der Waals surface area contributed by atoms with Gasteiger partial charge in [0.25, 0.3) is 0 Å². The van der Waals surface area contributed by atoms with Gasteiger partial charge in [0.05, 0.1) is 16.8 Å². The smallest absolute Gasteiger partial charge is 0.0940 e. The zero-order valence-corrected chi connectivity index (χ0v) is 10.8. The maximum atomic E-state index is 10.0. The van der Waals surface area contributed by atoms with Crippen molar-refractivity contribution >= 4 is 11.8 Å². The summed E-state index contributed by atoms with van der Waals surface area (Å²) in [6.07, 6.45) is -0.434. The predicted molar refractivity (Wildman–Crippen MR) is 70.1 cm³/mol. The predicted octanol–water partition coefficient (Wildman–Crippen LogP) is 2.55. The van der Waals surface area contributed by atoms with Gasteiger partial charge in [0.2, 0.25) is 0 Å². The monoisotopic (exact) mass is 248 g/mol. The SMILES string of the molecule is Cc1cc(SCC(O)c2ccccc2)n(C)n1. The lowest BCUT2D eigenvalue weighted by Crippen LogP contribution is -2.01. The van der Waals surface area contributed by atoms with E-state index in [9.17, 15) is 5.11 Å². The number of aliphatic hydroxyl groups is 1. The quantitative estimate of drug-likeness (QED) is 0.845. The average molecular weight is 248 g/mol. The lowest BCUT2D eigenvalue weighted by Gasteiger charge is -2.10. The lowest BCUT2D eigenvalue weighted by atomic mass is 10.1. The van der Waals surface area contributed by atoms with Gasteiger partial charge in [-0.3, -0.25) is 4.68 Å². The molecular weight excluding hydrogens is 232 g/mol. The standard InChI is InChI=1S/C13H16N2OS/c1-10-8-13(15(2)14-10)17-9-12(16)11-6-4-3-5-7-11/h3-8,12,16H,9H2,1-2H3. The Hall–Kier alpha value is -1.26. The third kappa shape index (κ3) is 3.11. The zero-order chi connectivity index (χ0) is 12.3. The molecule has 0 radical (unpaired) electrons. The first-order valence-electron chi connectivity index (χ1n) is 5.53. The summed E-state index contributed by atoms with van der Waals surface area (Å²) in [5, 5.41) is 15.4. The molecule has 0 saturated carbocycles. The van der Waals surface area contributed by atoms with Crippen LogP contribution in [0.2, 0.25) is 0 Å². The van der Waals surface area contributed by atoms with E-state index in [4.69, 9.17) is 0 Å². The molecule has 1 unspecified atom stereocenters. The molecule has 0 aliphatic carbocycles. The van der Waals surface area contributed by atoms with Crippen LogP contribution in [0.4, 0.5) is 0 Å². The summed E-state index contributed by atoms with van der Waals surface area (Å²) in [5.41, 5.74) is 1.96. The number of aryl methyl sites for hydroxylation is 2. The van der Waals surface area contributed by atoms with Crippen LogP contribution in [-0.2, 0) is 7.05 Å². The Kier molecular flexibility index (Phi) is 3.86. The van der Waals surface area contributed by atoms with Gasteiger partial charge in [-0.05, 0) is 18.6 Å². The maximum Gasteiger partial charge on any atom is 0.0940 e. The topological polar surface area (TPSA) is 38.0 Å². The van der Waals surface area contributed by atoms with E-state index < -0.39 is 6.10 Å². The van der Waals surface area contributed by atoms with Crippen LogP contribution in [0.25, 0.3) is 0 Å². The van der Waals surface area contributed by atoms with Crippen LogP contribution in [0.3, 0.4) is 0 Å². The summed E-state index contributed by atoms with van der Waals surface area (Å²) in [6.45, 7) is 1.97. The van der Waals surface area contributed by atoms with Crippen molar-refractivity contribution in [2.45, 2.75) is 18.1 Å². The Labute approximate surface area is 105 Å². The molecule has 17 heavy (non-hydrogen) atoms. The van der Waals surface area contributed by atoms with Gasteiger partial charge in [0.1, 0.15) is 0 Å². The van der Waals surface area contributed by atoms with Crippen molar-refractivity contribution < 1.29 is 5.11 Å². The summed E-state index contributed by atoms with van der Waals surface area (Å²) < 4.78 is 1.84. The molecule has 1 aromatic carbocycles. The molecule has 1 N–H and O–H groups in total. The van der Waals surface area contributed by atoms with E-state index in [-0.39, 0.29) is 0 Å². The fraction of sp³-hybridized carbons (Fsp3) is 0.308. The molecule has 3 nitrogen and oxygen atoms in total. The number of hydrogen-bond donors (Lipinski definition) is 1. The molecule has 0 aliphatic rings. The molecule has 4 heteroatoms. The van der Waals surface area contributed by atoms with Crippen molar-refractivity contribution in [1.29, 1.82) is 0 Å². The van der Waals surface area contributed by atoms with Crippen LogP contribution in [-0.4, -0.2) is 20.6 Å². The van der Waals surface area contributed by atoms with Gasteiger partial charge in [-0.1, -0.05) is 30.3 Å². The van der Waals surface area contributed by atoms with Crippen molar-refractivity contribution in [1.82, 2.24) is 9.78 Å². The molecule has 1 heterocycles. The minimum atomic E-state index is -0.434. The zero-order valence-electron chi connectivity index (χ0n) is 10.00. The molecule has 0 fully saturated rings. The van der Waals surface area contributed by atoms with Gasteiger partial charge < -0.3 is 5.11 Å². The highest BCUT2D eigenvalue weighted by Gasteiger charge is 2.09. The molecule has 0 amide bonds. The molecule has 1 atom stereocenters. The van der Waals surface area contributed by atoms with Gasteiger partial charge in [0.15, 0.2) is 0 Å². The van der Waals surface area contributed by atoms with Crippen LogP contribution < -0.4 is 0 Å². The number of rotatable bonds is 4. The number of aliphatic hydroxyl groups excluding tert-OH is 1. The van der Waals surface area contributed by atoms with Gasteiger partial charge in [-0.15, -0.1) is 11.8 Å². The van der Waals surface area contributed by atoms with E-state index in [1.807, 2.05) is 55.1 Å². The highest BCUT2D eigenvalue weighted by atomic mass is 32.2. The summed E-state index contributed by atoms with van der Waals surface area (Å²) in [4.78, 5) is 0. The molecule has 2 rings (SSSR count). The van der Waals surface area contributed by atoms with Gasteiger partial charge in [-0.2, -0.15) is 5.10 Å². The summed E-state index contributed by atoms with van der Waals surface area (Å²) in [7, 11) is 1.92. The van der Waals surface area contributed by atoms with Crippen molar-refractivity contribution in [3.8, 4) is 0 Å². The van der Waals surface area contributed by atoms with Crippen LogP contribution in [0.1, 0.15) is 17.4 Å². The molecule has 0 spiro atoms. The molecular formula is C13H16N2OS. The van der Waals surface area contributed by atoms with Crippen LogP contribution in [0, 0.1) is 6.92 Å². The first-order chi connectivity index (χ1) is 8.16. The molecule has 90 valence electrons. The first kappa shape index (κ1) is 12.2. The Morgan fingerprint density at radius 3 is 2.65 bits per heavy atom. The van der Waals surface area contributed by atoms with E-state index in [1.165, 1.54) is 0 Å². The fourth-order valence-electron chi connectivity index (χ4n) is 1.66. The number of aromatic nitrogens is 2. The second-order valence-corrected chi connectivity index (χ2v) is 5.03. The second-order valence-electron chi connectivity index (χ2n) is 3.99. The molecule has 0 aliphatic heterocycles. The Morgan fingerprint density at radius 1 is 1.35 bits per heavy atom. The number of hydrogen-bond acceptors (Lipinski definition) is 3. The van der Waals surface area contributed by atoms with E-state index in [0.717, 1.165) is 16.3 Å². The van der Waals surface area contributed by atoms with Gasteiger partial charge >= 0.3 is 0 Å². The number of benzene rings is 1. The first-order valence-corrected chi connectivity index (χ1v) is 6.52. The Morgan fingerprint density at radius 2 is 2.06 bits per heavy atom. The van der Waals surface area contributed by atoms with E-state index >= 15 is 0 Å². The van der Waals surface area contributed by atoms with Crippen LogP contribution in [0.15, 0.2) is 41.4 Å². The summed E-state index contributed by atoms with van der Waals surface area (Å²) in [6, 6.07) is 11.8. The minimum absolute atomic E-state index is 0.434. The average Bonchev–Trinajstić information content (AvgIpc) is 2.66. The Bertz CT molecular complexity index is 481. The maximum absolute atomic E-state index is 10.0. The Balaban J connectivity index is 1.97. The third-order valence-corrected chi connectivity index (χ3v) is 3.69. The summed E-state index contributed by atoms with van der Waals surface area (Å²) in [5.74, 6) is 0.642. The number of nitrogens with zero attached hydrogens (tertiary/aromatic N) is 2. The minimum Gasteiger partial charge on any atom is -0.388 e. The fourth-order valence-corrected chi connectivity index (χ4v) is 2.66. The number of thioether (sulfide) groups is 1. The van der Waals surface area contributed by atoms with Crippen molar-refractivity contribution in [2.75, 3.05) is 5.75 Å². The van der Waals surface area contributed by atoms with Crippen molar-refractivity contribution in [2.24, 2.45) is 7.05 Å². The highest BCUT2D eigenvalue weighted by molar-refractivity contribution is 7.99. The lowest BCUT2D eigenvalue weighted by molar-refractivity contribution is 0.204. The van der Waals surface area contributed by atoms with Crippen LogP contribution >= 0.6 is 11.8 Å². The van der Waals surface area contributed by atoms with E-state index in [2.05, 4.69) is 5.10 Å². The van der Waals surface area contributed by atoms with Crippen LogP contribution in [0.5, 0.6) is 0 Å².